The van der Waals surface area contributed by atoms with E-state index in [9.17, 15) is 4.79 Å². The summed E-state index contributed by atoms with van der Waals surface area (Å²) in [5, 5.41) is 3.25. The van der Waals surface area contributed by atoms with Gasteiger partial charge in [-0.2, -0.15) is 0 Å². The maximum Gasteiger partial charge on any atom is 0.232 e. The Morgan fingerprint density at radius 2 is 1.37 bits per heavy atom. The predicted octanol–water partition coefficient (Wildman–Crippen LogP) is 5.18. The van der Waals surface area contributed by atoms with Gasteiger partial charge in [0.15, 0.2) is 0 Å². The number of aryl methyl sites for hydroxylation is 2. The van der Waals surface area contributed by atoms with Crippen molar-refractivity contribution in [3.8, 4) is 0 Å². The molecule has 2 nitrogen and oxygen atoms in total. The Balaban J connectivity index is 1.58. The highest BCUT2D eigenvalue weighted by Crippen LogP contribution is 2.28. The lowest BCUT2D eigenvalue weighted by molar-refractivity contribution is -0.122. The van der Waals surface area contributed by atoms with Crippen LogP contribution < -0.4 is 5.32 Å². The van der Waals surface area contributed by atoms with Gasteiger partial charge in [0, 0.05) is 0 Å². The molecule has 0 aromatic heterocycles. The largest absolute Gasteiger partial charge is 0.349 e. The summed E-state index contributed by atoms with van der Waals surface area (Å²) >= 11 is 0. The molecule has 1 amide bonds. The monoisotopic (exact) mass is 355 g/mol. The van der Waals surface area contributed by atoms with Gasteiger partial charge in [0.1, 0.15) is 0 Å². The fourth-order valence-corrected chi connectivity index (χ4v) is 4.03. The van der Waals surface area contributed by atoms with E-state index in [2.05, 4.69) is 30.4 Å². The Labute approximate surface area is 161 Å². The third-order valence-corrected chi connectivity index (χ3v) is 5.51. The minimum Gasteiger partial charge on any atom is -0.349 e. The number of nitrogens with one attached hydrogen (secondary N) is 1. The lowest BCUT2D eigenvalue weighted by atomic mass is 9.90. The van der Waals surface area contributed by atoms with Crippen LogP contribution >= 0.6 is 0 Å². The van der Waals surface area contributed by atoms with Gasteiger partial charge in [0.2, 0.25) is 5.91 Å². The van der Waals surface area contributed by atoms with Crippen molar-refractivity contribution in [2.24, 2.45) is 0 Å². The van der Waals surface area contributed by atoms with Gasteiger partial charge in [-0.1, -0.05) is 78.9 Å². The van der Waals surface area contributed by atoms with Gasteiger partial charge >= 0.3 is 0 Å². The van der Waals surface area contributed by atoms with E-state index >= 15 is 0 Å². The molecule has 1 N–H and O–H groups in total. The fourth-order valence-electron chi connectivity index (χ4n) is 4.03. The molecule has 27 heavy (non-hydrogen) atoms. The first-order valence-electron chi connectivity index (χ1n) is 9.74. The number of carbonyl (C=O) groups is 1. The lowest BCUT2D eigenvalue weighted by Gasteiger charge is -2.22. The normalized spacial score (nSPS) is 14.0. The maximum absolute atomic E-state index is 13.3. The van der Waals surface area contributed by atoms with Gasteiger partial charge in [0.05, 0.1) is 12.0 Å². The summed E-state index contributed by atoms with van der Waals surface area (Å²) in [4.78, 5) is 13.3. The Bertz CT molecular complexity index is 878. The van der Waals surface area contributed by atoms with Crippen molar-refractivity contribution in [3.05, 3.63) is 107 Å². The molecule has 2 heteroatoms. The van der Waals surface area contributed by atoms with Gasteiger partial charge in [-0.25, -0.2) is 0 Å². The number of fused-ring (bicyclic) bond motifs is 1. The van der Waals surface area contributed by atoms with Crippen molar-refractivity contribution in [1.82, 2.24) is 5.32 Å². The summed E-state index contributed by atoms with van der Waals surface area (Å²) in [6.07, 6.45) is 3.57. The maximum atomic E-state index is 13.3. The van der Waals surface area contributed by atoms with E-state index in [1.165, 1.54) is 29.5 Å². The number of amides is 1. The molecule has 0 saturated carbocycles. The Morgan fingerprint density at radius 1 is 0.778 bits per heavy atom. The molecule has 0 radical (unpaired) electrons. The summed E-state index contributed by atoms with van der Waals surface area (Å²) in [6.45, 7) is 2.07. The van der Waals surface area contributed by atoms with Crippen molar-refractivity contribution in [1.29, 1.82) is 0 Å². The quantitative estimate of drug-likeness (QED) is 0.671. The van der Waals surface area contributed by atoms with Gasteiger partial charge < -0.3 is 5.32 Å². The molecule has 0 heterocycles. The molecule has 1 atom stereocenters. The molecular weight excluding hydrogens is 330 g/mol. The van der Waals surface area contributed by atoms with Crippen LogP contribution in [0.5, 0.6) is 0 Å². The van der Waals surface area contributed by atoms with Crippen molar-refractivity contribution < 1.29 is 4.79 Å². The van der Waals surface area contributed by atoms with Crippen LogP contribution in [-0.2, 0) is 17.6 Å². The summed E-state index contributed by atoms with van der Waals surface area (Å²) in [7, 11) is 0. The highest BCUT2D eigenvalue weighted by atomic mass is 16.1. The minimum atomic E-state index is -0.302. The Hall–Kier alpha value is -2.87. The second kappa shape index (κ2) is 7.79. The topological polar surface area (TPSA) is 29.1 Å². The molecule has 0 fully saturated rings. The number of hydrogen-bond acceptors (Lipinski definition) is 1. The van der Waals surface area contributed by atoms with Crippen LogP contribution in [0.4, 0.5) is 0 Å². The van der Waals surface area contributed by atoms with Crippen molar-refractivity contribution in [3.63, 3.8) is 0 Å². The first-order chi connectivity index (χ1) is 13.2. The summed E-state index contributed by atoms with van der Waals surface area (Å²) < 4.78 is 0. The average Bonchev–Trinajstić information content (AvgIpc) is 3.17. The second-order valence-electron chi connectivity index (χ2n) is 7.37. The first-order valence-corrected chi connectivity index (χ1v) is 9.74. The number of rotatable bonds is 5. The van der Waals surface area contributed by atoms with Crippen LogP contribution in [0.1, 0.15) is 53.1 Å². The van der Waals surface area contributed by atoms with Crippen LogP contribution in [0.25, 0.3) is 0 Å². The highest BCUT2D eigenvalue weighted by molar-refractivity contribution is 5.87. The lowest BCUT2D eigenvalue weighted by Crippen LogP contribution is -2.32. The number of carbonyl (C=O) groups excluding carboxylic acids is 1. The summed E-state index contributed by atoms with van der Waals surface area (Å²) in [6, 6.07) is 26.7. The number of hydrogen-bond donors (Lipinski definition) is 1. The van der Waals surface area contributed by atoms with Crippen molar-refractivity contribution >= 4 is 5.91 Å². The molecular formula is C25H25NO. The molecule has 0 saturated heterocycles. The molecule has 0 unspecified atom stereocenters. The molecule has 0 aliphatic heterocycles. The van der Waals surface area contributed by atoms with E-state index in [1.54, 1.807) is 0 Å². The van der Waals surface area contributed by atoms with Gasteiger partial charge in [-0.05, 0) is 54.0 Å². The SMILES string of the molecule is C[C@H](NC(=O)C(c1ccccc1)c1ccccc1)c1ccc2c(c1)CCC2. The van der Waals surface area contributed by atoms with Crippen LogP contribution in [0.15, 0.2) is 78.9 Å². The van der Waals surface area contributed by atoms with E-state index in [0.717, 1.165) is 17.5 Å². The summed E-state index contributed by atoms with van der Waals surface area (Å²) in [5.74, 6) is -0.260. The van der Waals surface area contributed by atoms with Crippen LogP contribution in [0.2, 0.25) is 0 Å². The zero-order valence-electron chi connectivity index (χ0n) is 15.7. The highest BCUT2D eigenvalue weighted by Gasteiger charge is 2.24. The smallest absolute Gasteiger partial charge is 0.232 e. The van der Waals surface area contributed by atoms with Crippen LogP contribution in [0.3, 0.4) is 0 Å². The van der Waals surface area contributed by atoms with E-state index in [0.29, 0.717) is 0 Å². The molecule has 4 rings (SSSR count). The molecule has 1 aliphatic rings. The van der Waals surface area contributed by atoms with E-state index in [1.807, 2.05) is 60.7 Å². The average molecular weight is 355 g/mol. The minimum absolute atomic E-state index is 0.0154. The molecule has 0 bridgehead atoms. The van der Waals surface area contributed by atoms with Gasteiger partial charge in [-0.15, -0.1) is 0 Å². The Morgan fingerprint density at radius 3 is 2.00 bits per heavy atom. The van der Waals surface area contributed by atoms with Gasteiger partial charge in [0.25, 0.3) is 0 Å². The van der Waals surface area contributed by atoms with Crippen molar-refractivity contribution in [2.45, 2.75) is 38.1 Å². The fraction of sp³-hybridized carbons (Fsp3) is 0.240. The molecule has 3 aromatic carbocycles. The molecule has 3 aromatic rings. The second-order valence-corrected chi connectivity index (χ2v) is 7.37. The standard InChI is InChI=1S/C25H25NO/c1-18(22-16-15-19-13-8-14-23(19)17-22)26-25(27)24(20-9-4-2-5-10-20)21-11-6-3-7-12-21/h2-7,9-12,15-18,24H,8,13-14H2,1H3,(H,26,27)/t18-/m0/s1. The van der Waals surface area contributed by atoms with E-state index in [-0.39, 0.29) is 17.9 Å². The zero-order valence-corrected chi connectivity index (χ0v) is 15.7. The van der Waals surface area contributed by atoms with Gasteiger partial charge in [-0.3, -0.25) is 4.79 Å². The third-order valence-electron chi connectivity index (χ3n) is 5.51. The molecule has 136 valence electrons. The number of benzene rings is 3. The van der Waals surface area contributed by atoms with Crippen LogP contribution in [-0.4, -0.2) is 5.91 Å². The predicted molar refractivity (Wildman–Crippen MR) is 110 cm³/mol. The molecule has 0 spiro atoms. The summed E-state index contributed by atoms with van der Waals surface area (Å²) in [5.41, 5.74) is 6.12. The zero-order chi connectivity index (χ0) is 18.6. The molecule has 1 aliphatic carbocycles. The van der Waals surface area contributed by atoms with E-state index < -0.39 is 0 Å². The Kier molecular flexibility index (Phi) is 5.06. The van der Waals surface area contributed by atoms with E-state index in [4.69, 9.17) is 0 Å². The first kappa shape index (κ1) is 17.5. The van der Waals surface area contributed by atoms with Crippen LogP contribution in [0, 0.1) is 0 Å². The third kappa shape index (κ3) is 3.80. The van der Waals surface area contributed by atoms with Crippen molar-refractivity contribution in [2.75, 3.05) is 0 Å².